The van der Waals surface area contributed by atoms with Gasteiger partial charge in [0.25, 0.3) is 5.91 Å². The Hall–Kier alpha value is -2.82. The molecule has 0 radical (unpaired) electrons. The zero-order valence-electron chi connectivity index (χ0n) is 15.2. The predicted octanol–water partition coefficient (Wildman–Crippen LogP) is 3.87. The summed E-state index contributed by atoms with van der Waals surface area (Å²) in [5, 5.41) is 3.56. The van der Waals surface area contributed by atoms with Gasteiger partial charge in [-0.1, -0.05) is 29.4 Å². The van der Waals surface area contributed by atoms with Crippen LogP contribution >= 0.6 is 0 Å². The van der Waals surface area contributed by atoms with Crippen molar-refractivity contribution in [3.63, 3.8) is 0 Å². The summed E-state index contributed by atoms with van der Waals surface area (Å²) in [6.45, 7) is 6.95. The Kier molecular flexibility index (Phi) is 6.57. The van der Waals surface area contributed by atoms with Gasteiger partial charge in [0.1, 0.15) is 25.7 Å². The fourth-order valence-corrected chi connectivity index (χ4v) is 2.47. The van der Waals surface area contributed by atoms with Gasteiger partial charge in [0.05, 0.1) is 5.69 Å². The molecule has 2 rings (SSSR count). The van der Waals surface area contributed by atoms with Crippen molar-refractivity contribution in [2.24, 2.45) is 5.16 Å². The summed E-state index contributed by atoms with van der Waals surface area (Å²) in [6, 6.07) is 13.7. The summed E-state index contributed by atoms with van der Waals surface area (Å²) in [5.74, 6) is 0.580. The molecular formula is C20H24N2O3. The maximum Gasteiger partial charge on any atom is 0.272 e. The first-order valence-electron chi connectivity index (χ1n) is 8.22. The van der Waals surface area contributed by atoms with Gasteiger partial charge in [0.2, 0.25) is 0 Å². The number of oxime groups is 1. The molecule has 0 fully saturated rings. The Morgan fingerprint density at radius 3 is 2.60 bits per heavy atom. The minimum absolute atomic E-state index is 0.233. The monoisotopic (exact) mass is 340 g/mol. The molecule has 0 aliphatic rings. The van der Waals surface area contributed by atoms with Gasteiger partial charge in [-0.05, 0) is 50.1 Å². The van der Waals surface area contributed by atoms with Crippen LogP contribution in [0.15, 0.2) is 47.6 Å². The van der Waals surface area contributed by atoms with E-state index in [-0.39, 0.29) is 5.91 Å². The Labute approximate surface area is 148 Å². The predicted molar refractivity (Wildman–Crippen MR) is 100 cm³/mol. The smallest absolute Gasteiger partial charge is 0.272 e. The maximum absolute atomic E-state index is 12.3. The Balaban J connectivity index is 2.20. The van der Waals surface area contributed by atoms with Gasteiger partial charge >= 0.3 is 0 Å². The van der Waals surface area contributed by atoms with Crippen LogP contribution in [0.5, 0.6) is 5.75 Å². The number of carbonyl (C=O) groups is 1. The molecule has 0 spiro atoms. The molecular weight excluding hydrogens is 316 g/mol. The molecule has 0 saturated heterocycles. The Morgan fingerprint density at radius 2 is 1.92 bits per heavy atom. The number of para-hydroxylation sites is 1. The lowest BCUT2D eigenvalue weighted by Crippen LogP contribution is -2.32. The van der Waals surface area contributed by atoms with E-state index in [9.17, 15) is 4.79 Å². The van der Waals surface area contributed by atoms with Crippen LogP contribution in [-0.2, 0) is 16.2 Å². The molecule has 25 heavy (non-hydrogen) atoms. The molecule has 0 aliphatic heterocycles. The molecule has 0 aliphatic carbocycles. The molecule has 0 aromatic heterocycles. The summed E-state index contributed by atoms with van der Waals surface area (Å²) in [6.07, 6.45) is 1.17. The third-order valence-corrected chi connectivity index (χ3v) is 4.01. The van der Waals surface area contributed by atoms with Crippen LogP contribution in [0, 0.1) is 13.8 Å². The van der Waals surface area contributed by atoms with E-state index in [0.29, 0.717) is 13.2 Å². The van der Waals surface area contributed by atoms with Gasteiger partial charge in [-0.2, -0.15) is 0 Å². The lowest BCUT2D eigenvalue weighted by molar-refractivity contribution is -0.112. The molecule has 5 nitrogen and oxygen atoms in total. The molecule has 2 aromatic rings. The zero-order chi connectivity index (χ0) is 18.2. The summed E-state index contributed by atoms with van der Waals surface area (Å²) >= 11 is 0. The van der Waals surface area contributed by atoms with Gasteiger partial charge in [-0.3, -0.25) is 4.79 Å². The highest BCUT2D eigenvalue weighted by atomic mass is 16.6. The summed E-state index contributed by atoms with van der Waals surface area (Å²) in [7, 11) is 1.41. The van der Waals surface area contributed by atoms with Crippen molar-refractivity contribution >= 4 is 17.8 Å². The largest absolute Gasteiger partial charge is 0.489 e. The number of aryl methyl sites for hydroxylation is 2. The normalized spacial score (nSPS) is 10.7. The van der Waals surface area contributed by atoms with Crippen LogP contribution in [0.3, 0.4) is 0 Å². The fraction of sp³-hybridized carbons (Fsp3) is 0.300. The van der Waals surface area contributed by atoms with Crippen LogP contribution in [0.2, 0.25) is 0 Å². The second-order valence-electron chi connectivity index (χ2n) is 5.66. The third kappa shape index (κ3) is 4.83. The zero-order valence-corrected chi connectivity index (χ0v) is 15.2. The minimum Gasteiger partial charge on any atom is -0.489 e. The number of benzene rings is 2. The molecule has 132 valence electrons. The van der Waals surface area contributed by atoms with Crippen molar-refractivity contribution in [3.05, 3.63) is 59.2 Å². The molecule has 1 amide bonds. The first-order chi connectivity index (χ1) is 12.1. The Morgan fingerprint density at radius 1 is 1.16 bits per heavy atom. The maximum atomic E-state index is 12.3. The number of amides is 1. The van der Waals surface area contributed by atoms with Crippen LogP contribution in [0.4, 0.5) is 5.69 Å². The van der Waals surface area contributed by atoms with Crippen molar-refractivity contribution in [2.75, 3.05) is 18.6 Å². The van der Waals surface area contributed by atoms with E-state index in [1.165, 1.54) is 24.5 Å². The van der Waals surface area contributed by atoms with Crippen molar-refractivity contribution in [2.45, 2.75) is 27.4 Å². The standard InChI is InChI=1S/C20H24N2O3/c1-5-22(20(23)13-21-24-4)19-9-7-6-8-17(19)14-25-18-11-10-15(2)16(3)12-18/h6-13H,5,14H2,1-4H3. The molecule has 2 aromatic carbocycles. The molecule has 0 saturated carbocycles. The molecule has 0 N–H and O–H groups in total. The summed E-state index contributed by atoms with van der Waals surface area (Å²) in [4.78, 5) is 18.5. The van der Waals surface area contributed by atoms with Crippen molar-refractivity contribution in [3.8, 4) is 5.75 Å². The van der Waals surface area contributed by atoms with Crippen molar-refractivity contribution in [1.82, 2.24) is 0 Å². The van der Waals surface area contributed by atoms with E-state index < -0.39 is 0 Å². The molecule has 0 atom stereocenters. The van der Waals surface area contributed by atoms with E-state index in [1.54, 1.807) is 4.90 Å². The van der Waals surface area contributed by atoms with E-state index in [4.69, 9.17) is 4.74 Å². The van der Waals surface area contributed by atoms with Crippen LogP contribution in [0.25, 0.3) is 0 Å². The van der Waals surface area contributed by atoms with E-state index >= 15 is 0 Å². The SMILES string of the molecule is CCN(C(=O)C=NOC)c1ccccc1COc1ccc(C)c(C)c1. The quantitative estimate of drug-likeness (QED) is 0.568. The van der Waals surface area contributed by atoms with E-state index in [2.05, 4.69) is 23.8 Å². The number of rotatable bonds is 7. The molecule has 0 bridgehead atoms. The average molecular weight is 340 g/mol. The van der Waals surface area contributed by atoms with Crippen LogP contribution in [-0.4, -0.2) is 25.8 Å². The second kappa shape index (κ2) is 8.87. The lowest BCUT2D eigenvalue weighted by atomic mass is 10.1. The first-order valence-corrected chi connectivity index (χ1v) is 8.22. The highest BCUT2D eigenvalue weighted by Gasteiger charge is 2.16. The van der Waals surface area contributed by atoms with Gasteiger partial charge in [0, 0.05) is 12.1 Å². The number of carbonyl (C=O) groups excluding carboxylic acids is 1. The van der Waals surface area contributed by atoms with Gasteiger partial charge in [0.15, 0.2) is 0 Å². The number of nitrogens with zero attached hydrogens (tertiary/aromatic N) is 2. The highest BCUT2D eigenvalue weighted by molar-refractivity contribution is 6.32. The lowest BCUT2D eigenvalue weighted by Gasteiger charge is -2.22. The van der Waals surface area contributed by atoms with Crippen molar-refractivity contribution < 1.29 is 14.4 Å². The molecule has 0 unspecified atom stereocenters. The minimum atomic E-state index is -0.233. The van der Waals surface area contributed by atoms with E-state index in [1.807, 2.05) is 49.4 Å². The highest BCUT2D eigenvalue weighted by Crippen LogP contribution is 2.23. The van der Waals surface area contributed by atoms with Gasteiger partial charge < -0.3 is 14.5 Å². The number of hydrogen-bond donors (Lipinski definition) is 0. The van der Waals surface area contributed by atoms with Crippen LogP contribution < -0.4 is 9.64 Å². The van der Waals surface area contributed by atoms with Crippen molar-refractivity contribution in [1.29, 1.82) is 0 Å². The van der Waals surface area contributed by atoms with Gasteiger partial charge in [-0.15, -0.1) is 0 Å². The Bertz CT molecular complexity index is 756. The summed E-state index contributed by atoms with van der Waals surface area (Å²) < 4.78 is 5.93. The fourth-order valence-electron chi connectivity index (χ4n) is 2.47. The van der Waals surface area contributed by atoms with E-state index in [0.717, 1.165) is 17.0 Å². The molecule has 5 heteroatoms. The third-order valence-electron chi connectivity index (χ3n) is 4.01. The topological polar surface area (TPSA) is 51.1 Å². The first kappa shape index (κ1) is 18.5. The number of ether oxygens (including phenoxy) is 1. The number of hydrogen-bond acceptors (Lipinski definition) is 4. The van der Waals surface area contributed by atoms with Crippen LogP contribution in [0.1, 0.15) is 23.6 Å². The molecule has 0 heterocycles. The average Bonchev–Trinajstić information content (AvgIpc) is 2.62. The second-order valence-corrected chi connectivity index (χ2v) is 5.66. The number of anilines is 1. The van der Waals surface area contributed by atoms with Gasteiger partial charge in [-0.25, -0.2) is 0 Å². The summed E-state index contributed by atoms with van der Waals surface area (Å²) in [5.41, 5.74) is 4.16.